The van der Waals surface area contributed by atoms with E-state index < -0.39 is 0 Å². The average molecular weight is 113 g/mol. The highest BCUT2D eigenvalue weighted by Gasteiger charge is 1.88. The van der Waals surface area contributed by atoms with E-state index in [-0.39, 0.29) is 0 Å². The lowest BCUT2D eigenvalue weighted by atomic mass is 10.7. The van der Waals surface area contributed by atoms with E-state index in [4.69, 9.17) is 9.25 Å². The van der Waals surface area contributed by atoms with Gasteiger partial charge in [-0.2, -0.15) is 5.48 Å². The van der Waals surface area contributed by atoms with E-state index in [1.807, 2.05) is 0 Å². The Labute approximate surface area is 47.2 Å². The van der Waals surface area contributed by atoms with Gasteiger partial charge in [0.15, 0.2) is 0 Å². The zero-order valence-electron chi connectivity index (χ0n) is 4.55. The molecule has 0 aliphatic carbocycles. The Balaban J connectivity index is 2.50. The first-order valence-electron chi connectivity index (χ1n) is 2.30. The van der Waals surface area contributed by atoms with Crippen LogP contribution in [0.15, 0.2) is 22.8 Å². The first-order valence-corrected chi connectivity index (χ1v) is 2.30. The monoisotopic (exact) mass is 113 g/mol. The van der Waals surface area contributed by atoms with Gasteiger partial charge in [0, 0.05) is 13.1 Å². The van der Waals surface area contributed by atoms with Gasteiger partial charge in [-0.05, 0) is 6.07 Å². The Morgan fingerprint density at radius 1 is 1.75 bits per heavy atom. The second kappa shape index (κ2) is 2.37. The van der Waals surface area contributed by atoms with Crippen molar-refractivity contribution in [3.8, 4) is 5.95 Å². The second-order valence-electron chi connectivity index (χ2n) is 1.24. The Hall–Kier alpha value is -0.960. The lowest BCUT2D eigenvalue weighted by Crippen LogP contribution is -2.09. The Bertz CT molecular complexity index is 136. The summed E-state index contributed by atoms with van der Waals surface area (Å²) in [7, 11) is 1.67. The van der Waals surface area contributed by atoms with Crippen molar-refractivity contribution in [2.45, 2.75) is 0 Å². The number of hydrogen-bond acceptors (Lipinski definition) is 3. The summed E-state index contributed by atoms with van der Waals surface area (Å²) in [6.07, 6.45) is 1.55. The predicted octanol–water partition coefficient (Wildman–Crippen LogP) is 0.793. The van der Waals surface area contributed by atoms with Crippen molar-refractivity contribution in [2.24, 2.45) is 0 Å². The highest BCUT2D eigenvalue weighted by molar-refractivity contribution is 5.02. The van der Waals surface area contributed by atoms with Gasteiger partial charge >= 0.3 is 5.95 Å². The normalized spacial score (nSPS) is 9.12. The number of rotatable bonds is 2. The molecule has 1 aromatic heterocycles. The number of hydrogen-bond donors (Lipinski definition) is 1. The van der Waals surface area contributed by atoms with Crippen LogP contribution in [0.1, 0.15) is 0 Å². The number of furan rings is 1. The molecule has 8 heavy (non-hydrogen) atoms. The molecule has 0 spiro atoms. The summed E-state index contributed by atoms with van der Waals surface area (Å²) in [5.74, 6) is 0.479. The van der Waals surface area contributed by atoms with Crippen LogP contribution >= 0.6 is 0 Å². The molecule has 0 saturated carbocycles. The molecule has 0 radical (unpaired) electrons. The third kappa shape index (κ3) is 1.01. The van der Waals surface area contributed by atoms with Crippen LogP contribution in [0, 0.1) is 0 Å². The molecule has 0 aliphatic heterocycles. The van der Waals surface area contributed by atoms with Crippen LogP contribution in [-0.4, -0.2) is 7.05 Å². The van der Waals surface area contributed by atoms with Crippen LogP contribution in [0.5, 0.6) is 5.95 Å². The summed E-state index contributed by atoms with van der Waals surface area (Å²) in [5.41, 5.74) is 2.48. The van der Waals surface area contributed by atoms with Gasteiger partial charge in [-0.15, -0.1) is 0 Å². The van der Waals surface area contributed by atoms with Crippen LogP contribution in [-0.2, 0) is 0 Å². The maximum atomic E-state index is 4.79. The molecule has 0 unspecified atom stereocenters. The van der Waals surface area contributed by atoms with E-state index in [9.17, 15) is 0 Å². The van der Waals surface area contributed by atoms with Crippen molar-refractivity contribution in [2.75, 3.05) is 7.05 Å². The van der Waals surface area contributed by atoms with Gasteiger partial charge in [-0.1, -0.05) is 0 Å². The molecule has 0 bridgehead atoms. The van der Waals surface area contributed by atoms with Crippen molar-refractivity contribution >= 4 is 0 Å². The predicted molar refractivity (Wildman–Crippen MR) is 28.4 cm³/mol. The van der Waals surface area contributed by atoms with E-state index in [2.05, 4.69) is 5.48 Å². The van der Waals surface area contributed by atoms with Gasteiger partial charge in [-0.25, -0.2) is 0 Å². The zero-order chi connectivity index (χ0) is 5.82. The van der Waals surface area contributed by atoms with Gasteiger partial charge in [-0.3, -0.25) is 0 Å². The summed E-state index contributed by atoms with van der Waals surface area (Å²) in [6.45, 7) is 0. The molecular weight excluding hydrogens is 106 g/mol. The molecule has 1 rings (SSSR count). The van der Waals surface area contributed by atoms with Crippen LogP contribution in [0.3, 0.4) is 0 Å². The lowest BCUT2D eigenvalue weighted by molar-refractivity contribution is 0.169. The van der Waals surface area contributed by atoms with Crippen molar-refractivity contribution in [3.63, 3.8) is 0 Å². The molecule has 3 nitrogen and oxygen atoms in total. The molecule has 44 valence electrons. The largest absolute Gasteiger partial charge is 0.433 e. The highest BCUT2D eigenvalue weighted by atomic mass is 16.7. The summed E-state index contributed by atoms with van der Waals surface area (Å²) in [6, 6.07) is 3.48. The third-order valence-electron chi connectivity index (χ3n) is 0.698. The fourth-order valence-corrected chi connectivity index (χ4v) is 0.422. The van der Waals surface area contributed by atoms with Crippen molar-refractivity contribution in [3.05, 3.63) is 18.4 Å². The van der Waals surface area contributed by atoms with Crippen molar-refractivity contribution in [1.82, 2.24) is 5.48 Å². The molecular formula is C5H7NO2. The summed E-state index contributed by atoms with van der Waals surface area (Å²) in [5, 5.41) is 0. The maximum Gasteiger partial charge on any atom is 0.304 e. The minimum atomic E-state index is 0.479. The van der Waals surface area contributed by atoms with Crippen LogP contribution in [0.4, 0.5) is 0 Å². The summed E-state index contributed by atoms with van der Waals surface area (Å²) < 4.78 is 4.79. The molecule has 0 amide bonds. The summed E-state index contributed by atoms with van der Waals surface area (Å²) >= 11 is 0. The number of hydroxylamine groups is 1. The molecule has 0 aromatic carbocycles. The van der Waals surface area contributed by atoms with Gasteiger partial charge in [0.25, 0.3) is 0 Å². The van der Waals surface area contributed by atoms with Crippen molar-refractivity contribution < 1.29 is 9.25 Å². The van der Waals surface area contributed by atoms with Gasteiger partial charge in [0.1, 0.15) is 0 Å². The molecule has 0 atom stereocenters. The quantitative estimate of drug-likeness (QED) is 0.576. The van der Waals surface area contributed by atoms with Crippen molar-refractivity contribution in [1.29, 1.82) is 0 Å². The highest BCUT2D eigenvalue weighted by Crippen LogP contribution is 2.07. The van der Waals surface area contributed by atoms with Crippen LogP contribution in [0.2, 0.25) is 0 Å². The molecule has 0 aliphatic rings. The zero-order valence-corrected chi connectivity index (χ0v) is 4.55. The first-order chi connectivity index (χ1) is 3.93. The van der Waals surface area contributed by atoms with E-state index in [1.54, 1.807) is 25.4 Å². The van der Waals surface area contributed by atoms with Crippen LogP contribution in [0.25, 0.3) is 0 Å². The number of nitrogens with one attached hydrogen (secondary N) is 1. The smallest absolute Gasteiger partial charge is 0.304 e. The molecule has 0 saturated heterocycles. The minimum Gasteiger partial charge on any atom is -0.433 e. The maximum absolute atomic E-state index is 4.79. The van der Waals surface area contributed by atoms with Gasteiger partial charge < -0.3 is 9.25 Å². The molecule has 0 fully saturated rings. The van der Waals surface area contributed by atoms with Crippen LogP contribution < -0.4 is 10.3 Å². The Kier molecular flexibility index (Phi) is 1.54. The molecule has 3 heteroatoms. The standard InChI is InChI=1S/C5H7NO2/c1-6-8-5-3-2-4-7-5/h2-4,6H,1H3. The fourth-order valence-electron chi connectivity index (χ4n) is 0.422. The molecule has 1 aromatic rings. The van der Waals surface area contributed by atoms with E-state index in [1.165, 1.54) is 0 Å². The van der Waals surface area contributed by atoms with E-state index in [0.29, 0.717) is 5.95 Å². The third-order valence-corrected chi connectivity index (χ3v) is 0.698. The topological polar surface area (TPSA) is 34.4 Å². The Morgan fingerprint density at radius 2 is 2.62 bits per heavy atom. The SMILES string of the molecule is CNOc1ccco1. The average Bonchev–Trinajstić information content (AvgIpc) is 2.19. The first kappa shape index (κ1) is 5.18. The van der Waals surface area contributed by atoms with E-state index in [0.717, 1.165) is 0 Å². The van der Waals surface area contributed by atoms with Gasteiger partial charge in [0.2, 0.25) is 0 Å². The van der Waals surface area contributed by atoms with E-state index >= 15 is 0 Å². The molecule has 1 N–H and O–H groups in total. The Morgan fingerprint density at radius 3 is 3.12 bits per heavy atom. The lowest BCUT2D eigenvalue weighted by Gasteiger charge is -1.93. The fraction of sp³-hybridized carbons (Fsp3) is 0.200. The van der Waals surface area contributed by atoms with Gasteiger partial charge in [0.05, 0.1) is 6.26 Å². The minimum absolute atomic E-state index is 0.479. The summed E-state index contributed by atoms with van der Waals surface area (Å²) in [4.78, 5) is 4.73. The molecule has 1 heterocycles. The second-order valence-corrected chi connectivity index (χ2v) is 1.24.